The van der Waals surface area contributed by atoms with Gasteiger partial charge in [-0.3, -0.25) is 19.2 Å². The van der Waals surface area contributed by atoms with E-state index in [9.17, 15) is 24.0 Å². The Kier molecular flexibility index (Phi) is 3.72. The van der Waals surface area contributed by atoms with Crippen LogP contribution in [0.4, 0.5) is 5.69 Å². The number of nitrogens with zero attached hydrogens (tertiary/aromatic N) is 2. The summed E-state index contributed by atoms with van der Waals surface area (Å²) in [6, 6.07) is 5.60. The normalized spacial score (nSPS) is 20.3. The van der Waals surface area contributed by atoms with Gasteiger partial charge in [-0.2, -0.15) is 0 Å². The summed E-state index contributed by atoms with van der Waals surface area (Å²) >= 11 is 0. The molecule has 2 heterocycles. The van der Waals surface area contributed by atoms with Crippen molar-refractivity contribution in [2.45, 2.75) is 13.3 Å². The summed E-state index contributed by atoms with van der Waals surface area (Å²) in [5.74, 6) is -3.69. The molecule has 1 atom stereocenters. The molecule has 8 heteroatoms. The molecule has 2 aliphatic rings. The molecule has 24 heavy (non-hydrogen) atoms. The topological polar surface area (TPSA) is 101 Å². The number of hydrogen-bond donors (Lipinski definition) is 0. The summed E-state index contributed by atoms with van der Waals surface area (Å²) in [7, 11) is 0. The number of benzene rings is 1. The van der Waals surface area contributed by atoms with Crippen LogP contribution in [0.5, 0.6) is 0 Å². The van der Waals surface area contributed by atoms with Crippen molar-refractivity contribution in [1.82, 2.24) is 5.06 Å². The lowest BCUT2D eigenvalue weighted by molar-refractivity contribution is -0.173. The van der Waals surface area contributed by atoms with Gasteiger partial charge in [-0.15, -0.1) is 5.06 Å². The SMILES string of the molecule is CC1CC(=O)N(OC(=O)c2cccc(N3C(=O)C=CC3=O)c2)C1=O. The molecule has 1 saturated heterocycles. The molecular weight excluding hydrogens is 316 g/mol. The fourth-order valence-corrected chi connectivity index (χ4v) is 2.41. The van der Waals surface area contributed by atoms with Crippen LogP contribution in [-0.4, -0.2) is 34.7 Å². The average molecular weight is 328 g/mol. The zero-order valence-corrected chi connectivity index (χ0v) is 12.6. The molecule has 0 N–H and O–H groups in total. The van der Waals surface area contributed by atoms with Gasteiger partial charge in [0.15, 0.2) is 0 Å². The summed E-state index contributed by atoms with van der Waals surface area (Å²) in [6.07, 6.45) is 2.22. The third kappa shape index (κ3) is 2.58. The number of amides is 4. The molecule has 0 bridgehead atoms. The van der Waals surface area contributed by atoms with Crippen LogP contribution in [0, 0.1) is 5.92 Å². The van der Waals surface area contributed by atoms with Gasteiger partial charge in [0.05, 0.1) is 11.3 Å². The number of carbonyl (C=O) groups is 5. The Hall–Kier alpha value is -3.29. The zero-order valence-electron chi connectivity index (χ0n) is 12.6. The lowest BCUT2D eigenvalue weighted by atomic mass is 10.1. The standard InChI is InChI=1S/C16H12N2O6/c1-9-7-14(21)18(15(9)22)24-16(23)10-3-2-4-11(8-10)17-12(19)5-6-13(17)20/h2-6,8-9H,7H2,1H3. The molecule has 0 aliphatic carbocycles. The van der Waals surface area contributed by atoms with E-state index >= 15 is 0 Å². The summed E-state index contributed by atoms with van der Waals surface area (Å²) < 4.78 is 0. The maximum Gasteiger partial charge on any atom is 0.363 e. The lowest BCUT2D eigenvalue weighted by Gasteiger charge is -2.16. The van der Waals surface area contributed by atoms with Crippen molar-refractivity contribution in [1.29, 1.82) is 0 Å². The van der Waals surface area contributed by atoms with Crippen molar-refractivity contribution in [3.05, 3.63) is 42.0 Å². The summed E-state index contributed by atoms with van der Waals surface area (Å²) in [4.78, 5) is 64.7. The van der Waals surface area contributed by atoms with Gasteiger partial charge in [-0.25, -0.2) is 9.69 Å². The van der Waals surface area contributed by atoms with Gasteiger partial charge in [0.1, 0.15) is 0 Å². The van der Waals surface area contributed by atoms with E-state index in [4.69, 9.17) is 4.84 Å². The lowest BCUT2D eigenvalue weighted by Crippen LogP contribution is -2.33. The van der Waals surface area contributed by atoms with E-state index < -0.39 is 35.5 Å². The first-order chi connectivity index (χ1) is 11.4. The van der Waals surface area contributed by atoms with Gasteiger partial charge in [-0.05, 0) is 18.2 Å². The Morgan fingerprint density at radius 1 is 1.12 bits per heavy atom. The Morgan fingerprint density at radius 3 is 2.38 bits per heavy atom. The average Bonchev–Trinajstić information content (AvgIpc) is 3.01. The molecule has 4 amide bonds. The summed E-state index contributed by atoms with van der Waals surface area (Å²) in [5.41, 5.74) is 0.192. The fraction of sp³-hybridized carbons (Fsp3) is 0.188. The molecule has 122 valence electrons. The van der Waals surface area contributed by atoms with Crippen LogP contribution in [0.1, 0.15) is 23.7 Å². The van der Waals surface area contributed by atoms with Crippen LogP contribution >= 0.6 is 0 Å². The van der Waals surface area contributed by atoms with E-state index in [1.165, 1.54) is 24.3 Å². The van der Waals surface area contributed by atoms with Crippen LogP contribution in [-0.2, 0) is 24.0 Å². The largest absolute Gasteiger partial charge is 0.363 e. The van der Waals surface area contributed by atoms with Gasteiger partial charge in [0.25, 0.3) is 23.6 Å². The third-order valence-electron chi connectivity index (χ3n) is 3.65. The van der Waals surface area contributed by atoms with Gasteiger partial charge in [-0.1, -0.05) is 13.0 Å². The Bertz CT molecular complexity index is 795. The number of anilines is 1. The van der Waals surface area contributed by atoms with Gasteiger partial charge in [0.2, 0.25) is 0 Å². The van der Waals surface area contributed by atoms with Crippen LogP contribution < -0.4 is 4.90 Å². The van der Waals surface area contributed by atoms with E-state index in [1.54, 1.807) is 6.92 Å². The molecule has 0 spiro atoms. The second-order valence-corrected chi connectivity index (χ2v) is 5.41. The van der Waals surface area contributed by atoms with Crippen LogP contribution in [0.25, 0.3) is 0 Å². The first-order valence-electron chi connectivity index (χ1n) is 7.14. The van der Waals surface area contributed by atoms with E-state index in [2.05, 4.69) is 0 Å². The van der Waals surface area contributed by atoms with Crippen molar-refractivity contribution in [3.63, 3.8) is 0 Å². The van der Waals surface area contributed by atoms with Crippen LogP contribution in [0.15, 0.2) is 36.4 Å². The molecule has 2 aliphatic heterocycles. The molecule has 0 radical (unpaired) electrons. The highest BCUT2D eigenvalue weighted by molar-refractivity contribution is 6.28. The second-order valence-electron chi connectivity index (χ2n) is 5.41. The van der Waals surface area contributed by atoms with E-state index in [-0.39, 0.29) is 17.7 Å². The van der Waals surface area contributed by atoms with E-state index in [0.29, 0.717) is 5.06 Å². The molecule has 1 unspecified atom stereocenters. The third-order valence-corrected chi connectivity index (χ3v) is 3.65. The van der Waals surface area contributed by atoms with Crippen molar-refractivity contribution in [2.24, 2.45) is 5.92 Å². The maximum atomic E-state index is 12.2. The molecule has 1 aromatic rings. The van der Waals surface area contributed by atoms with E-state index in [1.807, 2.05) is 0 Å². The van der Waals surface area contributed by atoms with E-state index in [0.717, 1.165) is 17.1 Å². The maximum absolute atomic E-state index is 12.2. The van der Waals surface area contributed by atoms with Gasteiger partial charge < -0.3 is 4.84 Å². The minimum Gasteiger partial charge on any atom is -0.325 e. The summed E-state index contributed by atoms with van der Waals surface area (Å²) in [6.45, 7) is 1.56. The quantitative estimate of drug-likeness (QED) is 0.752. The monoisotopic (exact) mass is 328 g/mol. The minimum atomic E-state index is -0.931. The fourth-order valence-electron chi connectivity index (χ4n) is 2.41. The molecule has 0 saturated carbocycles. The zero-order chi connectivity index (χ0) is 17.4. The smallest absolute Gasteiger partial charge is 0.325 e. The first-order valence-corrected chi connectivity index (χ1v) is 7.14. The Morgan fingerprint density at radius 2 is 1.79 bits per heavy atom. The van der Waals surface area contributed by atoms with Crippen LogP contribution in [0.3, 0.4) is 0 Å². The van der Waals surface area contributed by atoms with Crippen LogP contribution in [0.2, 0.25) is 0 Å². The number of carbonyl (C=O) groups excluding carboxylic acids is 5. The number of imide groups is 2. The Balaban J connectivity index is 1.80. The van der Waals surface area contributed by atoms with Gasteiger partial charge >= 0.3 is 5.97 Å². The van der Waals surface area contributed by atoms with Crippen molar-refractivity contribution >= 4 is 35.3 Å². The molecule has 1 aromatic carbocycles. The minimum absolute atomic E-state index is 0.000142. The highest BCUT2D eigenvalue weighted by Gasteiger charge is 2.39. The predicted octanol–water partition coefficient (Wildman–Crippen LogP) is 0.583. The number of hydrogen-bond acceptors (Lipinski definition) is 6. The first kappa shape index (κ1) is 15.6. The highest BCUT2D eigenvalue weighted by atomic mass is 16.7. The molecule has 8 nitrogen and oxygen atoms in total. The molecule has 3 rings (SSSR count). The van der Waals surface area contributed by atoms with Gasteiger partial charge in [0, 0.05) is 24.5 Å². The molecule has 1 fully saturated rings. The molecular formula is C16H12N2O6. The number of rotatable bonds is 3. The number of hydroxylamine groups is 2. The highest BCUT2D eigenvalue weighted by Crippen LogP contribution is 2.23. The summed E-state index contributed by atoms with van der Waals surface area (Å²) in [5, 5.41) is 0.452. The second kappa shape index (κ2) is 5.73. The van der Waals surface area contributed by atoms with Crippen molar-refractivity contribution in [3.8, 4) is 0 Å². The van der Waals surface area contributed by atoms with Crippen molar-refractivity contribution in [2.75, 3.05) is 4.90 Å². The Labute approximate surface area is 136 Å². The predicted molar refractivity (Wildman–Crippen MR) is 79.1 cm³/mol. The van der Waals surface area contributed by atoms with Crippen molar-refractivity contribution < 1.29 is 28.8 Å². The molecule has 0 aromatic heterocycles.